The van der Waals surface area contributed by atoms with Gasteiger partial charge in [0.25, 0.3) is 0 Å². The van der Waals surface area contributed by atoms with Crippen molar-refractivity contribution in [2.45, 2.75) is 0 Å². The van der Waals surface area contributed by atoms with Gasteiger partial charge in [-0.15, -0.1) is 0 Å². The summed E-state index contributed by atoms with van der Waals surface area (Å²) in [7, 11) is 0. The first-order valence-corrected chi connectivity index (χ1v) is 3.32. The highest BCUT2D eigenvalue weighted by Gasteiger charge is 1.97. The van der Waals surface area contributed by atoms with Crippen LogP contribution in [0.5, 0.6) is 0 Å². The topological polar surface area (TPSA) is 78.6 Å². The Balaban J connectivity index is 3.12. The molecule has 0 amide bonds. The van der Waals surface area contributed by atoms with Crippen molar-refractivity contribution >= 4 is 29.4 Å². The molecule has 1 heterocycles. The zero-order chi connectivity index (χ0) is 6.85. The fourth-order valence-electron chi connectivity index (χ4n) is 0.345. The van der Waals surface area contributed by atoms with Crippen molar-refractivity contribution in [1.82, 2.24) is 10.2 Å². The van der Waals surface area contributed by atoms with Gasteiger partial charge >= 0.3 is 0 Å². The standard InChI is InChI=1S/C3H4N4S2/c4-1(5)2-6-7-3(8)9-2/h(H3,4,5)(H,7,8). The van der Waals surface area contributed by atoms with E-state index in [1.165, 1.54) is 11.3 Å². The van der Waals surface area contributed by atoms with Gasteiger partial charge in [0.15, 0.2) is 14.8 Å². The Kier molecular flexibility index (Phi) is 1.58. The van der Waals surface area contributed by atoms with E-state index in [1.807, 2.05) is 0 Å². The normalized spacial score (nSPS) is 9.33. The predicted molar refractivity (Wildman–Crippen MR) is 38.3 cm³/mol. The molecule has 4 nitrogen and oxygen atoms in total. The largest absolute Gasteiger partial charge is 0.382 e. The summed E-state index contributed by atoms with van der Waals surface area (Å²) in [5.74, 6) is -0.0487. The molecule has 6 heteroatoms. The number of nitrogens with one attached hydrogen (secondary N) is 2. The third-order valence-corrected chi connectivity index (χ3v) is 1.79. The predicted octanol–water partition coefficient (Wildman–Crippen LogP) is 0.485. The van der Waals surface area contributed by atoms with Gasteiger partial charge in [0.1, 0.15) is 0 Å². The lowest BCUT2D eigenvalue weighted by atomic mass is 10.7. The first-order chi connectivity index (χ1) is 4.20. The van der Waals surface area contributed by atoms with E-state index in [1.54, 1.807) is 0 Å². The van der Waals surface area contributed by atoms with Crippen LogP contribution in [-0.2, 0) is 0 Å². The van der Waals surface area contributed by atoms with E-state index in [0.717, 1.165) is 0 Å². The molecule has 0 aromatic carbocycles. The van der Waals surface area contributed by atoms with Crippen LogP contribution in [0.1, 0.15) is 5.01 Å². The second-order valence-electron chi connectivity index (χ2n) is 1.33. The van der Waals surface area contributed by atoms with E-state index in [-0.39, 0.29) is 5.84 Å². The fraction of sp³-hybridized carbons (Fsp3) is 0. The van der Waals surface area contributed by atoms with Gasteiger partial charge in [-0.25, -0.2) is 0 Å². The number of hydrogen-bond acceptors (Lipinski definition) is 4. The lowest BCUT2D eigenvalue weighted by Crippen LogP contribution is -2.10. The van der Waals surface area contributed by atoms with Crippen LogP contribution < -0.4 is 5.73 Å². The minimum absolute atomic E-state index is 0.0487. The molecular weight excluding hydrogens is 156 g/mol. The number of hydrogen-bond donors (Lipinski definition) is 3. The van der Waals surface area contributed by atoms with Crippen molar-refractivity contribution in [3.8, 4) is 0 Å². The highest BCUT2D eigenvalue weighted by atomic mass is 32.1. The summed E-state index contributed by atoms with van der Waals surface area (Å²) in [6, 6.07) is 0. The number of H-pyrrole nitrogens is 1. The molecule has 0 atom stereocenters. The van der Waals surface area contributed by atoms with E-state index in [2.05, 4.69) is 10.2 Å². The van der Waals surface area contributed by atoms with Crippen molar-refractivity contribution in [2.75, 3.05) is 0 Å². The van der Waals surface area contributed by atoms with Gasteiger partial charge in [-0.3, -0.25) is 10.5 Å². The van der Waals surface area contributed by atoms with Crippen LogP contribution in [0.4, 0.5) is 0 Å². The molecule has 0 aliphatic carbocycles. The van der Waals surface area contributed by atoms with Crippen molar-refractivity contribution in [2.24, 2.45) is 5.73 Å². The smallest absolute Gasteiger partial charge is 0.180 e. The maximum absolute atomic E-state index is 6.91. The van der Waals surface area contributed by atoms with E-state index in [9.17, 15) is 0 Å². The monoisotopic (exact) mass is 160 g/mol. The second kappa shape index (κ2) is 2.24. The van der Waals surface area contributed by atoms with Crippen molar-refractivity contribution in [3.63, 3.8) is 0 Å². The summed E-state index contributed by atoms with van der Waals surface area (Å²) in [5, 5.41) is 13.5. The Morgan fingerprint density at radius 1 is 1.89 bits per heavy atom. The highest BCUT2D eigenvalue weighted by molar-refractivity contribution is 7.73. The van der Waals surface area contributed by atoms with Gasteiger partial charge in [-0.2, -0.15) is 5.10 Å². The Morgan fingerprint density at radius 3 is 2.78 bits per heavy atom. The molecule has 0 saturated carbocycles. The average molecular weight is 160 g/mol. The number of aromatic nitrogens is 2. The molecule has 0 bridgehead atoms. The lowest BCUT2D eigenvalue weighted by Gasteiger charge is -1.81. The molecule has 9 heavy (non-hydrogen) atoms. The van der Waals surface area contributed by atoms with Gasteiger partial charge < -0.3 is 5.73 Å². The summed E-state index contributed by atoms with van der Waals surface area (Å²) in [6.45, 7) is 0. The van der Waals surface area contributed by atoms with Crippen LogP contribution in [0.25, 0.3) is 0 Å². The Labute approximate surface area is 60.2 Å². The number of aromatic amines is 1. The molecular formula is C3H4N4S2. The van der Waals surface area contributed by atoms with Gasteiger partial charge in [0, 0.05) is 0 Å². The molecule has 48 valence electrons. The Bertz CT molecular complexity index is 271. The number of amidine groups is 1. The SMILES string of the molecule is N=C(N)c1n[nH]c(=S)s1. The summed E-state index contributed by atoms with van der Waals surface area (Å²) in [4.78, 5) is 0. The fourth-order valence-corrected chi connectivity index (χ4v) is 1.10. The molecule has 0 unspecified atom stereocenters. The van der Waals surface area contributed by atoms with Crippen LogP contribution in [0.15, 0.2) is 0 Å². The summed E-state index contributed by atoms with van der Waals surface area (Å²) in [5.41, 5.74) is 5.09. The number of rotatable bonds is 1. The van der Waals surface area contributed by atoms with Crippen LogP contribution in [-0.4, -0.2) is 16.0 Å². The van der Waals surface area contributed by atoms with E-state index >= 15 is 0 Å². The van der Waals surface area contributed by atoms with E-state index < -0.39 is 0 Å². The van der Waals surface area contributed by atoms with E-state index in [0.29, 0.717) is 8.96 Å². The number of nitrogens with two attached hydrogens (primary N) is 1. The third kappa shape index (κ3) is 1.33. The molecule has 1 aromatic rings. The quantitative estimate of drug-likeness (QED) is 0.318. The maximum Gasteiger partial charge on any atom is 0.180 e. The minimum atomic E-state index is -0.0487. The minimum Gasteiger partial charge on any atom is -0.382 e. The van der Waals surface area contributed by atoms with Crippen molar-refractivity contribution in [3.05, 3.63) is 8.96 Å². The van der Waals surface area contributed by atoms with E-state index in [4.69, 9.17) is 23.4 Å². The maximum atomic E-state index is 6.91. The van der Waals surface area contributed by atoms with Crippen LogP contribution in [0, 0.1) is 9.36 Å². The molecule has 4 N–H and O–H groups in total. The average Bonchev–Trinajstić information content (AvgIpc) is 2.14. The molecule has 0 fully saturated rings. The summed E-state index contributed by atoms with van der Waals surface area (Å²) >= 11 is 5.89. The van der Waals surface area contributed by atoms with Crippen LogP contribution in [0.2, 0.25) is 0 Å². The van der Waals surface area contributed by atoms with Gasteiger partial charge in [-0.1, -0.05) is 11.3 Å². The highest BCUT2D eigenvalue weighted by Crippen LogP contribution is 2.01. The molecule has 0 saturated heterocycles. The molecule has 0 radical (unpaired) electrons. The first kappa shape index (κ1) is 6.37. The van der Waals surface area contributed by atoms with Crippen molar-refractivity contribution < 1.29 is 0 Å². The molecule has 1 rings (SSSR count). The van der Waals surface area contributed by atoms with Gasteiger partial charge in [0.2, 0.25) is 0 Å². The van der Waals surface area contributed by atoms with Crippen molar-refractivity contribution in [1.29, 1.82) is 5.41 Å². The number of nitrogens with zero attached hydrogens (tertiary/aromatic N) is 1. The summed E-state index contributed by atoms with van der Waals surface area (Å²) < 4.78 is 0.542. The zero-order valence-electron chi connectivity index (χ0n) is 4.34. The molecule has 0 aliphatic heterocycles. The summed E-state index contributed by atoms with van der Waals surface area (Å²) in [6.07, 6.45) is 0. The Morgan fingerprint density at radius 2 is 2.56 bits per heavy atom. The first-order valence-electron chi connectivity index (χ1n) is 2.10. The molecule has 0 spiro atoms. The Hall–Kier alpha value is -0.750. The second-order valence-corrected chi connectivity index (χ2v) is 3.00. The lowest BCUT2D eigenvalue weighted by molar-refractivity contribution is 1.06. The van der Waals surface area contributed by atoms with Crippen LogP contribution >= 0.6 is 23.6 Å². The third-order valence-electron chi connectivity index (χ3n) is 0.669. The number of nitrogen functional groups attached to an aromatic ring is 1. The van der Waals surface area contributed by atoms with Gasteiger partial charge in [0.05, 0.1) is 0 Å². The molecule has 1 aromatic heterocycles. The van der Waals surface area contributed by atoms with Crippen LogP contribution in [0.3, 0.4) is 0 Å². The van der Waals surface area contributed by atoms with Gasteiger partial charge in [-0.05, 0) is 12.2 Å². The molecule has 0 aliphatic rings. The zero-order valence-corrected chi connectivity index (χ0v) is 5.97.